The Balaban J connectivity index is 2.22. The predicted octanol–water partition coefficient (Wildman–Crippen LogP) is 2.31. The summed E-state index contributed by atoms with van der Waals surface area (Å²) in [6.45, 7) is 8.83. The Morgan fingerprint density at radius 1 is 1.21 bits per heavy atom. The summed E-state index contributed by atoms with van der Waals surface area (Å²) in [7, 11) is 2.12. The molecular weight excluding hydrogens is 236 g/mol. The van der Waals surface area contributed by atoms with Crippen LogP contribution in [0.5, 0.6) is 0 Å². The van der Waals surface area contributed by atoms with Crippen molar-refractivity contribution < 1.29 is 5.11 Å². The lowest BCUT2D eigenvalue weighted by Gasteiger charge is -2.45. The van der Waals surface area contributed by atoms with Crippen LogP contribution in [0.25, 0.3) is 0 Å². The van der Waals surface area contributed by atoms with E-state index in [9.17, 15) is 5.11 Å². The second kappa shape index (κ2) is 5.93. The van der Waals surface area contributed by atoms with Gasteiger partial charge in [0.2, 0.25) is 0 Å². The van der Waals surface area contributed by atoms with Gasteiger partial charge in [-0.3, -0.25) is 0 Å². The lowest BCUT2D eigenvalue weighted by atomic mass is 10.0. The minimum atomic E-state index is 0.193. The average Bonchev–Trinajstić information content (AvgIpc) is 2.38. The van der Waals surface area contributed by atoms with Crippen molar-refractivity contribution in [2.75, 3.05) is 31.6 Å². The Morgan fingerprint density at radius 2 is 1.84 bits per heavy atom. The standard InChI is InChI=1S/C16H26N2O/c1-12(2)14-5-7-15(8-6-14)18-13(3)9-17(4)10-16(18)11-19/h5-8,12-13,16,19H,9-11H2,1-4H3. The summed E-state index contributed by atoms with van der Waals surface area (Å²) in [5.74, 6) is 0.563. The first-order chi connectivity index (χ1) is 9.02. The zero-order valence-electron chi connectivity index (χ0n) is 12.5. The number of anilines is 1. The van der Waals surface area contributed by atoms with Crippen molar-refractivity contribution in [2.24, 2.45) is 0 Å². The third-order valence-corrected chi connectivity index (χ3v) is 4.04. The molecule has 1 aromatic carbocycles. The normalized spacial score (nSPS) is 25.1. The lowest BCUT2D eigenvalue weighted by molar-refractivity contribution is 0.171. The van der Waals surface area contributed by atoms with E-state index < -0.39 is 0 Å². The molecule has 0 saturated carbocycles. The van der Waals surface area contributed by atoms with E-state index in [2.05, 4.69) is 61.9 Å². The molecular formula is C16H26N2O. The van der Waals surface area contributed by atoms with Crippen LogP contribution in [0.15, 0.2) is 24.3 Å². The Bertz CT molecular complexity index is 402. The number of aliphatic hydroxyl groups is 1. The third kappa shape index (κ3) is 3.10. The minimum absolute atomic E-state index is 0.193. The van der Waals surface area contributed by atoms with E-state index in [1.807, 2.05) is 0 Å². The largest absolute Gasteiger partial charge is 0.394 e. The zero-order valence-corrected chi connectivity index (χ0v) is 12.5. The van der Waals surface area contributed by atoms with E-state index in [-0.39, 0.29) is 12.6 Å². The third-order valence-electron chi connectivity index (χ3n) is 4.04. The highest BCUT2D eigenvalue weighted by atomic mass is 16.3. The Labute approximate surface area is 116 Å². The fourth-order valence-electron chi connectivity index (χ4n) is 3.06. The van der Waals surface area contributed by atoms with E-state index in [0.29, 0.717) is 12.0 Å². The first-order valence-corrected chi connectivity index (χ1v) is 7.20. The van der Waals surface area contributed by atoms with E-state index in [4.69, 9.17) is 0 Å². The minimum Gasteiger partial charge on any atom is -0.394 e. The van der Waals surface area contributed by atoms with E-state index in [0.717, 1.165) is 13.1 Å². The maximum absolute atomic E-state index is 9.63. The molecule has 2 atom stereocenters. The van der Waals surface area contributed by atoms with Gasteiger partial charge in [0.15, 0.2) is 0 Å². The van der Waals surface area contributed by atoms with Crippen LogP contribution in [0.3, 0.4) is 0 Å². The first-order valence-electron chi connectivity index (χ1n) is 7.20. The molecule has 0 bridgehead atoms. The second-order valence-electron chi connectivity index (χ2n) is 6.06. The fourth-order valence-corrected chi connectivity index (χ4v) is 3.06. The molecule has 1 aromatic rings. The van der Waals surface area contributed by atoms with Gasteiger partial charge in [0.1, 0.15) is 0 Å². The molecule has 0 aliphatic carbocycles. The molecule has 0 radical (unpaired) electrons. The van der Waals surface area contributed by atoms with Crippen LogP contribution < -0.4 is 4.90 Å². The maximum atomic E-state index is 9.63. The molecule has 1 aliphatic rings. The van der Waals surface area contributed by atoms with Gasteiger partial charge in [0.05, 0.1) is 12.6 Å². The van der Waals surface area contributed by atoms with Crippen molar-refractivity contribution in [2.45, 2.75) is 38.8 Å². The van der Waals surface area contributed by atoms with Crippen LogP contribution in [-0.2, 0) is 0 Å². The summed E-state index contributed by atoms with van der Waals surface area (Å²) in [6.07, 6.45) is 0. The Kier molecular flexibility index (Phi) is 4.48. The van der Waals surface area contributed by atoms with Crippen molar-refractivity contribution in [3.05, 3.63) is 29.8 Å². The molecule has 1 saturated heterocycles. The smallest absolute Gasteiger partial charge is 0.0651 e. The highest BCUT2D eigenvalue weighted by Gasteiger charge is 2.30. The number of hydrogen-bond acceptors (Lipinski definition) is 3. The molecule has 2 unspecified atom stereocenters. The van der Waals surface area contributed by atoms with Crippen LogP contribution in [-0.4, -0.2) is 48.8 Å². The van der Waals surface area contributed by atoms with Gasteiger partial charge in [-0.15, -0.1) is 0 Å². The van der Waals surface area contributed by atoms with Gasteiger partial charge in [-0.25, -0.2) is 0 Å². The van der Waals surface area contributed by atoms with Crippen molar-refractivity contribution >= 4 is 5.69 Å². The van der Waals surface area contributed by atoms with Gasteiger partial charge in [0, 0.05) is 24.8 Å². The van der Waals surface area contributed by atoms with Crippen LogP contribution >= 0.6 is 0 Å². The van der Waals surface area contributed by atoms with Crippen LogP contribution in [0.1, 0.15) is 32.3 Å². The van der Waals surface area contributed by atoms with Crippen molar-refractivity contribution in [1.82, 2.24) is 4.90 Å². The van der Waals surface area contributed by atoms with E-state index in [1.54, 1.807) is 0 Å². The highest BCUT2D eigenvalue weighted by molar-refractivity contribution is 5.50. The molecule has 1 fully saturated rings. The van der Waals surface area contributed by atoms with Gasteiger partial charge >= 0.3 is 0 Å². The SMILES string of the molecule is CC(C)c1ccc(N2C(C)CN(C)CC2CO)cc1. The average molecular weight is 262 g/mol. The maximum Gasteiger partial charge on any atom is 0.0651 e. The van der Waals surface area contributed by atoms with Crippen molar-refractivity contribution in [3.8, 4) is 0 Å². The molecule has 1 aliphatic heterocycles. The molecule has 1 N–H and O–H groups in total. The molecule has 106 valence electrons. The van der Waals surface area contributed by atoms with Gasteiger partial charge in [-0.2, -0.15) is 0 Å². The van der Waals surface area contributed by atoms with Gasteiger partial charge in [0.25, 0.3) is 0 Å². The molecule has 3 heteroatoms. The first kappa shape index (κ1) is 14.4. The summed E-state index contributed by atoms with van der Waals surface area (Å²) in [6, 6.07) is 9.43. The molecule has 1 heterocycles. The number of hydrogen-bond donors (Lipinski definition) is 1. The Morgan fingerprint density at radius 3 is 2.37 bits per heavy atom. The molecule has 0 aromatic heterocycles. The number of rotatable bonds is 3. The summed E-state index contributed by atoms with van der Waals surface area (Å²) in [5.41, 5.74) is 2.59. The van der Waals surface area contributed by atoms with Gasteiger partial charge in [-0.1, -0.05) is 26.0 Å². The quantitative estimate of drug-likeness (QED) is 0.905. The number of nitrogens with zero attached hydrogens (tertiary/aromatic N) is 2. The summed E-state index contributed by atoms with van der Waals surface area (Å²) in [5, 5.41) is 9.63. The van der Waals surface area contributed by atoms with Crippen molar-refractivity contribution in [1.29, 1.82) is 0 Å². The summed E-state index contributed by atoms with van der Waals surface area (Å²) in [4.78, 5) is 4.66. The van der Waals surface area contributed by atoms with Gasteiger partial charge in [-0.05, 0) is 37.6 Å². The number of benzene rings is 1. The van der Waals surface area contributed by atoms with Crippen LogP contribution in [0.2, 0.25) is 0 Å². The molecule has 2 rings (SSSR count). The van der Waals surface area contributed by atoms with Gasteiger partial charge < -0.3 is 14.9 Å². The molecule has 3 nitrogen and oxygen atoms in total. The number of piperazine rings is 1. The highest BCUT2D eigenvalue weighted by Crippen LogP contribution is 2.26. The topological polar surface area (TPSA) is 26.7 Å². The van der Waals surface area contributed by atoms with E-state index in [1.165, 1.54) is 11.3 Å². The summed E-state index contributed by atoms with van der Waals surface area (Å²) >= 11 is 0. The molecule has 19 heavy (non-hydrogen) atoms. The number of aliphatic hydroxyl groups excluding tert-OH is 1. The fraction of sp³-hybridized carbons (Fsp3) is 0.625. The summed E-state index contributed by atoms with van der Waals surface area (Å²) < 4.78 is 0. The number of likely N-dealkylation sites (N-methyl/N-ethyl adjacent to an activating group) is 1. The van der Waals surface area contributed by atoms with Crippen molar-refractivity contribution in [3.63, 3.8) is 0 Å². The lowest BCUT2D eigenvalue weighted by Crippen LogP contribution is -2.58. The van der Waals surface area contributed by atoms with Crippen LogP contribution in [0.4, 0.5) is 5.69 Å². The van der Waals surface area contributed by atoms with E-state index >= 15 is 0 Å². The monoisotopic (exact) mass is 262 g/mol. The molecule has 0 spiro atoms. The Hall–Kier alpha value is -1.06. The zero-order chi connectivity index (χ0) is 14.0. The predicted molar refractivity (Wildman–Crippen MR) is 80.8 cm³/mol. The van der Waals surface area contributed by atoms with Crippen LogP contribution in [0, 0.1) is 0 Å². The molecule has 0 amide bonds. The second-order valence-corrected chi connectivity index (χ2v) is 6.06.